The molecule has 0 aliphatic carbocycles. The van der Waals surface area contributed by atoms with Crippen molar-refractivity contribution >= 4 is 28.5 Å². The molecule has 0 unspecified atom stereocenters. The van der Waals surface area contributed by atoms with Crippen molar-refractivity contribution < 1.29 is 9.90 Å². The third-order valence-electron chi connectivity index (χ3n) is 4.46. The van der Waals surface area contributed by atoms with E-state index in [1.54, 1.807) is 16.3 Å². The molecule has 1 aromatic heterocycles. The Bertz CT molecular complexity index is 1080. The summed E-state index contributed by atoms with van der Waals surface area (Å²) in [4.78, 5) is 16.1. The van der Waals surface area contributed by atoms with E-state index in [1.807, 2.05) is 42.5 Å². The van der Waals surface area contributed by atoms with Crippen molar-refractivity contribution in [1.82, 2.24) is 9.55 Å². The average Bonchev–Trinajstić information content (AvgIpc) is 3.10. The molecule has 5 heteroatoms. The third kappa shape index (κ3) is 3.73. The quantitative estimate of drug-likeness (QED) is 0.479. The fourth-order valence-electron chi connectivity index (χ4n) is 3.12. The smallest absolute Gasteiger partial charge is 0.354 e. The molecule has 0 saturated carbocycles. The standard InChI is InChI=1S/C22H18N2O2S/c25-21(26)20-13-23-22(27-15-16-7-2-1-3-8-16)24(20)14-18-11-6-10-17-9-4-5-12-19(17)18/h1-13H,14-15H2,(H,25,26). The van der Waals surface area contributed by atoms with Crippen LogP contribution in [0.2, 0.25) is 0 Å². The summed E-state index contributed by atoms with van der Waals surface area (Å²) in [6.45, 7) is 0.472. The molecule has 4 aromatic rings. The van der Waals surface area contributed by atoms with Gasteiger partial charge in [0.05, 0.1) is 12.7 Å². The van der Waals surface area contributed by atoms with Crippen LogP contribution in [0.5, 0.6) is 0 Å². The van der Waals surface area contributed by atoms with Gasteiger partial charge in [0.2, 0.25) is 0 Å². The summed E-state index contributed by atoms with van der Waals surface area (Å²) in [5.41, 5.74) is 2.47. The van der Waals surface area contributed by atoms with E-state index in [0.717, 1.165) is 22.1 Å². The summed E-state index contributed by atoms with van der Waals surface area (Å²) in [6, 6.07) is 24.4. The molecule has 0 saturated heterocycles. The second kappa shape index (κ2) is 7.68. The monoisotopic (exact) mass is 374 g/mol. The van der Waals surface area contributed by atoms with Gasteiger partial charge in [-0.2, -0.15) is 0 Å². The zero-order valence-corrected chi connectivity index (χ0v) is 15.4. The van der Waals surface area contributed by atoms with Crippen LogP contribution in [-0.2, 0) is 12.3 Å². The van der Waals surface area contributed by atoms with Crippen molar-refractivity contribution in [2.45, 2.75) is 17.5 Å². The predicted molar refractivity (Wildman–Crippen MR) is 108 cm³/mol. The number of thioether (sulfide) groups is 1. The van der Waals surface area contributed by atoms with Crippen molar-refractivity contribution in [2.24, 2.45) is 0 Å². The summed E-state index contributed by atoms with van der Waals surface area (Å²) in [7, 11) is 0. The lowest BCUT2D eigenvalue weighted by molar-refractivity contribution is 0.0684. The molecule has 0 spiro atoms. The Morgan fingerprint density at radius 3 is 2.52 bits per heavy atom. The first-order valence-corrected chi connectivity index (χ1v) is 9.63. The van der Waals surface area contributed by atoms with Crippen molar-refractivity contribution in [3.63, 3.8) is 0 Å². The maximum atomic E-state index is 11.7. The number of hydrogen-bond acceptors (Lipinski definition) is 3. The molecule has 4 nitrogen and oxygen atoms in total. The topological polar surface area (TPSA) is 55.1 Å². The number of carbonyl (C=O) groups is 1. The summed E-state index contributed by atoms with van der Waals surface area (Å²) in [5, 5.41) is 12.6. The Hall–Kier alpha value is -3.05. The van der Waals surface area contributed by atoms with Gasteiger partial charge in [-0.15, -0.1) is 0 Å². The first-order chi connectivity index (χ1) is 13.2. The van der Waals surface area contributed by atoms with Gasteiger partial charge in [0.25, 0.3) is 0 Å². The van der Waals surface area contributed by atoms with Gasteiger partial charge >= 0.3 is 5.97 Å². The normalized spacial score (nSPS) is 11.0. The number of imidazole rings is 1. The Morgan fingerprint density at radius 2 is 1.70 bits per heavy atom. The minimum absolute atomic E-state index is 0.207. The Labute approximate surface area is 161 Å². The molecule has 0 amide bonds. The van der Waals surface area contributed by atoms with Crippen LogP contribution < -0.4 is 0 Å². The SMILES string of the molecule is O=C(O)c1cnc(SCc2ccccc2)n1Cc1cccc2ccccc12. The summed E-state index contributed by atoms with van der Waals surface area (Å²) < 4.78 is 1.79. The molecule has 134 valence electrons. The van der Waals surface area contributed by atoms with E-state index in [-0.39, 0.29) is 5.69 Å². The van der Waals surface area contributed by atoms with Gasteiger partial charge in [0, 0.05) is 5.75 Å². The van der Waals surface area contributed by atoms with Crippen LogP contribution >= 0.6 is 11.8 Å². The van der Waals surface area contributed by atoms with Crippen LogP contribution in [0.3, 0.4) is 0 Å². The highest BCUT2D eigenvalue weighted by atomic mass is 32.2. The number of aromatic nitrogens is 2. The number of carboxylic acids is 1. The highest BCUT2D eigenvalue weighted by Crippen LogP contribution is 2.26. The second-order valence-electron chi connectivity index (χ2n) is 6.23. The van der Waals surface area contributed by atoms with E-state index >= 15 is 0 Å². The lowest BCUT2D eigenvalue weighted by Gasteiger charge is -2.12. The van der Waals surface area contributed by atoms with Crippen LogP contribution in [0.25, 0.3) is 10.8 Å². The van der Waals surface area contributed by atoms with Crippen molar-refractivity contribution in [3.05, 3.63) is 95.8 Å². The van der Waals surface area contributed by atoms with Gasteiger partial charge < -0.3 is 9.67 Å². The van der Waals surface area contributed by atoms with E-state index in [0.29, 0.717) is 11.7 Å². The number of rotatable bonds is 6. The van der Waals surface area contributed by atoms with Gasteiger partial charge in [0.15, 0.2) is 5.16 Å². The molecular formula is C22H18N2O2S. The van der Waals surface area contributed by atoms with E-state index < -0.39 is 5.97 Å². The van der Waals surface area contributed by atoms with Gasteiger partial charge in [-0.1, -0.05) is 84.6 Å². The number of fused-ring (bicyclic) bond motifs is 1. The maximum absolute atomic E-state index is 11.7. The molecule has 0 fully saturated rings. The van der Waals surface area contributed by atoms with Crippen LogP contribution in [0.1, 0.15) is 21.6 Å². The fraction of sp³-hybridized carbons (Fsp3) is 0.0909. The molecule has 1 N–H and O–H groups in total. The zero-order chi connectivity index (χ0) is 18.6. The largest absolute Gasteiger partial charge is 0.477 e. The van der Waals surface area contributed by atoms with Crippen molar-refractivity contribution in [3.8, 4) is 0 Å². The molecule has 4 rings (SSSR count). The molecule has 0 aliphatic heterocycles. The molecule has 0 radical (unpaired) electrons. The molecular weight excluding hydrogens is 356 g/mol. The Morgan fingerprint density at radius 1 is 0.963 bits per heavy atom. The summed E-state index contributed by atoms with van der Waals surface area (Å²) >= 11 is 1.55. The lowest BCUT2D eigenvalue weighted by atomic mass is 10.0. The first-order valence-electron chi connectivity index (χ1n) is 8.64. The molecule has 27 heavy (non-hydrogen) atoms. The number of aromatic carboxylic acids is 1. The molecule has 0 aliphatic rings. The van der Waals surface area contributed by atoms with Crippen LogP contribution in [-0.4, -0.2) is 20.6 Å². The van der Waals surface area contributed by atoms with Crippen LogP contribution in [0.4, 0.5) is 0 Å². The molecule has 0 bridgehead atoms. The minimum Gasteiger partial charge on any atom is -0.477 e. The number of benzene rings is 3. The van der Waals surface area contributed by atoms with Gasteiger partial charge in [-0.25, -0.2) is 9.78 Å². The first kappa shape index (κ1) is 17.4. The van der Waals surface area contributed by atoms with Crippen LogP contribution in [0.15, 0.2) is 84.1 Å². The van der Waals surface area contributed by atoms with E-state index in [9.17, 15) is 9.90 Å². The van der Waals surface area contributed by atoms with Gasteiger partial charge in [0.1, 0.15) is 5.69 Å². The minimum atomic E-state index is -0.964. The third-order valence-corrected chi connectivity index (χ3v) is 5.52. The van der Waals surface area contributed by atoms with Gasteiger partial charge in [-0.05, 0) is 21.9 Å². The number of nitrogens with zero attached hydrogens (tertiary/aromatic N) is 2. The maximum Gasteiger partial charge on any atom is 0.354 e. The summed E-state index contributed by atoms with van der Waals surface area (Å²) in [6.07, 6.45) is 1.45. The fourth-order valence-corrected chi connectivity index (χ4v) is 4.05. The second-order valence-corrected chi connectivity index (χ2v) is 7.17. The highest BCUT2D eigenvalue weighted by molar-refractivity contribution is 7.98. The number of hydrogen-bond donors (Lipinski definition) is 1. The zero-order valence-electron chi connectivity index (χ0n) is 14.6. The lowest BCUT2D eigenvalue weighted by Crippen LogP contribution is -2.11. The Kier molecular flexibility index (Phi) is 4.94. The average molecular weight is 374 g/mol. The molecule has 1 heterocycles. The number of carboxylic acid groups (broad SMARTS) is 1. The molecule has 3 aromatic carbocycles. The van der Waals surface area contributed by atoms with Gasteiger partial charge in [-0.3, -0.25) is 0 Å². The van der Waals surface area contributed by atoms with Crippen molar-refractivity contribution in [2.75, 3.05) is 0 Å². The van der Waals surface area contributed by atoms with Crippen molar-refractivity contribution in [1.29, 1.82) is 0 Å². The van der Waals surface area contributed by atoms with E-state index in [2.05, 4.69) is 35.3 Å². The van der Waals surface area contributed by atoms with E-state index in [1.165, 1.54) is 11.8 Å². The van der Waals surface area contributed by atoms with Crippen LogP contribution in [0, 0.1) is 0 Å². The Balaban J connectivity index is 1.68. The molecule has 0 atom stereocenters. The van der Waals surface area contributed by atoms with E-state index in [4.69, 9.17) is 0 Å². The highest BCUT2D eigenvalue weighted by Gasteiger charge is 2.17. The summed E-state index contributed by atoms with van der Waals surface area (Å²) in [5.74, 6) is -0.221. The predicted octanol–water partition coefficient (Wildman–Crippen LogP) is 5.08.